The van der Waals surface area contributed by atoms with Gasteiger partial charge in [-0.05, 0) is 50.2 Å². The number of hydrogen-bond acceptors (Lipinski definition) is 4. The number of ether oxygens (including phenoxy) is 1. The Morgan fingerprint density at radius 3 is 2.52 bits per heavy atom. The van der Waals surface area contributed by atoms with Crippen LogP contribution in [0, 0.1) is 0 Å². The van der Waals surface area contributed by atoms with Gasteiger partial charge in [-0.2, -0.15) is 0 Å². The number of rotatable bonds is 7. The molecule has 1 heterocycles. The number of nitrogens with zero attached hydrogens (tertiary/aromatic N) is 1. The first-order chi connectivity index (χ1) is 12.1. The molecule has 0 aromatic heterocycles. The van der Waals surface area contributed by atoms with Crippen LogP contribution in [0.25, 0.3) is 0 Å². The molecule has 0 spiro atoms. The molecule has 0 aliphatic carbocycles. The quantitative estimate of drug-likeness (QED) is 0.766. The van der Waals surface area contributed by atoms with E-state index in [-0.39, 0.29) is 0 Å². The van der Waals surface area contributed by atoms with Crippen molar-refractivity contribution in [3.63, 3.8) is 0 Å². The van der Waals surface area contributed by atoms with Crippen molar-refractivity contribution in [3.05, 3.63) is 54.6 Å². The van der Waals surface area contributed by atoms with E-state index in [2.05, 4.69) is 12.2 Å². The molecule has 134 valence electrons. The molecular formula is C19H24N2O3S. The van der Waals surface area contributed by atoms with Gasteiger partial charge in [0, 0.05) is 6.42 Å². The summed E-state index contributed by atoms with van der Waals surface area (Å²) in [5.74, 6) is 0.604. The molecule has 1 aliphatic rings. The molecule has 0 radical (unpaired) electrons. The zero-order chi connectivity index (χ0) is 17.7. The molecule has 0 saturated carbocycles. The molecule has 2 aromatic rings. The summed E-state index contributed by atoms with van der Waals surface area (Å²) in [4.78, 5) is 0. The monoisotopic (exact) mass is 360 g/mol. The summed E-state index contributed by atoms with van der Waals surface area (Å²) in [7, 11) is -3.64. The molecule has 0 amide bonds. The molecule has 0 bridgehead atoms. The summed E-state index contributed by atoms with van der Waals surface area (Å²) in [5.41, 5.74) is 0.326. The second kappa shape index (κ2) is 7.89. The first-order valence-corrected chi connectivity index (χ1v) is 10.2. The average molecular weight is 360 g/mol. The Balaban J connectivity index is 1.88. The highest BCUT2D eigenvalue weighted by atomic mass is 32.2. The lowest BCUT2D eigenvalue weighted by molar-refractivity contribution is 0.254. The molecule has 2 aromatic carbocycles. The molecule has 25 heavy (non-hydrogen) atoms. The fourth-order valence-electron chi connectivity index (χ4n) is 2.93. The second-order valence-corrected chi connectivity index (χ2v) is 7.97. The Kier molecular flexibility index (Phi) is 5.60. The molecule has 3 rings (SSSR count). The number of nitrogens with one attached hydrogen (secondary N) is 1. The fraction of sp³-hybridized carbons (Fsp3) is 0.368. The van der Waals surface area contributed by atoms with Gasteiger partial charge in [-0.3, -0.25) is 0 Å². The largest absolute Gasteiger partial charge is 0.470 e. The third-order valence-corrected chi connectivity index (χ3v) is 6.05. The minimum Gasteiger partial charge on any atom is -0.470 e. The van der Waals surface area contributed by atoms with Crippen LogP contribution in [0.1, 0.15) is 26.2 Å². The Labute approximate surface area is 149 Å². The summed E-state index contributed by atoms with van der Waals surface area (Å²) in [6.07, 6.45) is 2.26. The molecule has 6 heteroatoms. The van der Waals surface area contributed by atoms with Crippen LogP contribution in [0.15, 0.2) is 54.6 Å². The van der Waals surface area contributed by atoms with Gasteiger partial charge in [-0.25, -0.2) is 12.7 Å². The van der Waals surface area contributed by atoms with Crippen molar-refractivity contribution < 1.29 is 13.2 Å². The molecule has 1 atom stereocenters. The van der Waals surface area contributed by atoms with E-state index >= 15 is 0 Å². The third kappa shape index (κ3) is 3.80. The Bertz CT molecular complexity index is 793. The summed E-state index contributed by atoms with van der Waals surface area (Å²) in [5, 5.41) is 3.30. The maximum Gasteiger partial charge on any atom is 0.277 e. The highest BCUT2D eigenvalue weighted by Crippen LogP contribution is 2.42. The predicted molar refractivity (Wildman–Crippen MR) is 101 cm³/mol. The number of anilines is 2. The first-order valence-electron chi connectivity index (χ1n) is 8.70. The number of hydrogen-bond donors (Lipinski definition) is 1. The van der Waals surface area contributed by atoms with Crippen molar-refractivity contribution >= 4 is 21.4 Å². The number of fused-ring (bicyclic) bond motifs is 1. The van der Waals surface area contributed by atoms with Gasteiger partial charge in [-0.15, -0.1) is 0 Å². The summed E-state index contributed by atoms with van der Waals surface area (Å²) in [6.45, 7) is 3.84. The highest BCUT2D eigenvalue weighted by molar-refractivity contribution is 7.93. The highest BCUT2D eigenvalue weighted by Gasteiger charge is 2.40. The van der Waals surface area contributed by atoms with Gasteiger partial charge in [0.15, 0.2) is 0 Å². The Morgan fingerprint density at radius 1 is 1.04 bits per heavy atom. The van der Waals surface area contributed by atoms with Gasteiger partial charge in [0.2, 0.25) is 5.44 Å². The Morgan fingerprint density at radius 2 is 1.76 bits per heavy atom. The van der Waals surface area contributed by atoms with E-state index in [1.165, 1.54) is 4.31 Å². The van der Waals surface area contributed by atoms with Crippen molar-refractivity contribution in [2.24, 2.45) is 0 Å². The molecule has 0 fully saturated rings. The van der Waals surface area contributed by atoms with Crippen LogP contribution < -0.4 is 14.4 Å². The van der Waals surface area contributed by atoms with E-state index in [1.807, 2.05) is 36.4 Å². The summed E-state index contributed by atoms with van der Waals surface area (Å²) in [6, 6.07) is 16.4. The van der Waals surface area contributed by atoms with Gasteiger partial charge >= 0.3 is 0 Å². The first kappa shape index (κ1) is 17.8. The molecule has 0 saturated heterocycles. The van der Waals surface area contributed by atoms with E-state index < -0.39 is 15.5 Å². The lowest BCUT2D eigenvalue weighted by Crippen LogP contribution is -2.43. The second-order valence-electron chi connectivity index (χ2n) is 6.05. The van der Waals surface area contributed by atoms with Crippen molar-refractivity contribution in [3.8, 4) is 5.75 Å². The topological polar surface area (TPSA) is 58.6 Å². The van der Waals surface area contributed by atoms with Crippen LogP contribution in [0.2, 0.25) is 0 Å². The maximum absolute atomic E-state index is 13.2. The van der Waals surface area contributed by atoms with Gasteiger partial charge in [0.25, 0.3) is 10.0 Å². The molecule has 1 aliphatic heterocycles. The minimum absolute atomic E-state index is 0.455. The van der Waals surface area contributed by atoms with Crippen LogP contribution in [-0.4, -0.2) is 26.9 Å². The minimum atomic E-state index is -3.64. The molecule has 5 nitrogen and oxygen atoms in total. The SMILES string of the molecule is CCCNCCCC1Oc2ccccc2N(c2ccccc2)S1(=O)=O. The lowest BCUT2D eigenvalue weighted by Gasteiger charge is -2.35. The maximum atomic E-state index is 13.2. The van der Waals surface area contributed by atoms with Crippen LogP contribution in [0.5, 0.6) is 5.75 Å². The Hall–Kier alpha value is -2.05. The zero-order valence-electron chi connectivity index (χ0n) is 14.4. The summed E-state index contributed by atoms with van der Waals surface area (Å²) >= 11 is 0. The smallest absolute Gasteiger partial charge is 0.277 e. The van der Waals surface area contributed by atoms with Crippen molar-refractivity contribution in [2.45, 2.75) is 31.6 Å². The van der Waals surface area contributed by atoms with Gasteiger partial charge in [0.05, 0.1) is 11.4 Å². The van der Waals surface area contributed by atoms with Crippen LogP contribution in [0.4, 0.5) is 11.4 Å². The van der Waals surface area contributed by atoms with Gasteiger partial charge < -0.3 is 10.1 Å². The van der Waals surface area contributed by atoms with E-state index in [0.717, 1.165) is 25.9 Å². The van der Waals surface area contributed by atoms with Gasteiger partial charge in [0.1, 0.15) is 5.75 Å². The van der Waals surface area contributed by atoms with E-state index in [4.69, 9.17) is 4.74 Å². The summed E-state index contributed by atoms with van der Waals surface area (Å²) < 4.78 is 33.6. The number of para-hydroxylation sites is 3. The van der Waals surface area contributed by atoms with Crippen LogP contribution in [0.3, 0.4) is 0 Å². The van der Waals surface area contributed by atoms with Gasteiger partial charge in [-0.1, -0.05) is 37.3 Å². The third-order valence-electron chi connectivity index (χ3n) is 4.14. The van der Waals surface area contributed by atoms with E-state index in [0.29, 0.717) is 23.5 Å². The predicted octanol–water partition coefficient (Wildman–Crippen LogP) is 3.65. The lowest BCUT2D eigenvalue weighted by atomic mass is 10.2. The number of benzene rings is 2. The zero-order valence-corrected chi connectivity index (χ0v) is 15.2. The normalized spacial score (nSPS) is 18.4. The van der Waals surface area contributed by atoms with E-state index in [9.17, 15) is 8.42 Å². The van der Waals surface area contributed by atoms with E-state index in [1.54, 1.807) is 18.2 Å². The molecule has 1 unspecified atom stereocenters. The number of sulfonamides is 1. The van der Waals surface area contributed by atoms with Crippen molar-refractivity contribution in [1.29, 1.82) is 0 Å². The molecular weight excluding hydrogens is 336 g/mol. The van der Waals surface area contributed by atoms with Crippen molar-refractivity contribution in [1.82, 2.24) is 5.32 Å². The molecule has 1 N–H and O–H groups in total. The van der Waals surface area contributed by atoms with Crippen molar-refractivity contribution in [2.75, 3.05) is 17.4 Å². The standard InChI is InChI=1S/C19H24N2O3S/c1-2-14-20-15-8-13-19-24-18-12-7-6-11-17(18)21(25(19,22)23)16-9-4-3-5-10-16/h3-7,9-12,19-20H,2,8,13-15H2,1H3. The fourth-order valence-corrected chi connectivity index (χ4v) is 4.70. The van der Waals surface area contributed by atoms with Crippen LogP contribution in [-0.2, 0) is 10.0 Å². The van der Waals surface area contributed by atoms with Crippen LogP contribution >= 0.6 is 0 Å². The average Bonchev–Trinajstić information content (AvgIpc) is 2.62.